The fourth-order valence-corrected chi connectivity index (χ4v) is 6.44. The smallest absolute Gasteiger partial charge is 0.417 e. The number of carbonyl (C=O) groups excluding carboxylic acids is 3. The molecule has 3 amide bonds. The summed E-state index contributed by atoms with van der Waals surface area (Å²) in [6.45, 7) is 5.19. The zero-order chi connectivity index (χ0) is 30.6. The SMILES string of the molecule is CCCCCCCC(=O)N(C)Cc1ccc(-c2ccc(C[C@H](OCC)C(=O)N3C(=O)OC[C@@H]3Cc3ccccc3)cc2)s1. The highest BCUT2D eigenvalue weighted by Crippen LogP contribution is 2.30. The third-order valence-electron chi connectivity index (χ3n) is 7.79. The number of ether oxygens (including phenoxy) is 2. The van der Waals surface area contributed by atoms with Crippen molar-refractivity contribution in [1.29, 1.82) is 0 Å². The molecule has 2 heterocycles. The average Bonchev–Trinajstić information content (AvgIpc) is 3.63. The van der Waals surface area contributed by atoms with Gasteiger partial charge in [-0.1, -0.05) is 87.2 Å². The molecule has 4 rings (SSSR count). The topological polar surface area (TPSA) is 76.2 Å². The Morgan fingerprint density at radius 1 is 0.977 bits per heavy atom. The van der Waals surface area contributed by atoms with Crippen LogP contribution >= 0.6 is 11.3 Å². The quantitative estimate of drug-likeness (QED) is 0.161. The first kappa shape index (κ1) is 32.4. The number of rotatable bonds is 16. The van der Waals surface area contributed by atoms with Gasteiger partial charge in [0.2, 0.25) is 5.91 Å². The van der Waals surface area contributed by atoms with Crippen LogP contribution in [0.5, 0.6) is 0 Å². The number of imide groups is 1. The second kappa shape index (κ2) is 16.4. The molecule has 2 atom stereocenters. The van der Waals surface area contributed by atoms with Gasteiger partial charge in [0, 0.05) is 36.3 Å². The van der Waals surface area contributed by atoms with Gasteiger partial charge >= 0.3 is 6.09 Å². The summed E-state index contributed by atoms with van der Waals surface area (Å²) in [5.41, 5.74) is 3.07. The van der Waals surface area contributed by atoms with E-state index in [4.69, 9.17) is 9.47 Å². The molecule has 1 fully saturated rings. The molecule has 1 saturated heterocycles. The first-order chi connectivity index (χ1) is 20.9. The van der Waals surface area contributed by atoms with Gasteiger partial charge in [-0.2, -0.15) is 0 Å². The highest BCUT2D eigenvalue weighted by Gasteiger charge is 2.41. The van der Waals surface area contributed by atoms with E-state index in [1.807, 2.05) is 73.5 Å². The minimum absolute atomic E-state index is 0.179. The van der Waals surface area contributed by atoms with Crippen LogP contribution in [0.2, 0.25) is 0 Å². The summed E-state index contributed by atoms with van der Waals surface area (Å²) >= 11 is 1.69. The number of amides is 3. The lowest BCUT2D eigenvalue weighted by Gasteiger charge is -2.25. The molecular weight excluding hydrogens is 560 g/mol. The maximum absolute atomic E-state index is 13.6. The fraction of sp³-hybridized carbons (Fsp3) is 0.457. The zero-order valence-electron chi connectivity index (χ0n) is 25.6. The van der Waals surface area contributed by atoms with Crippen LogP contribution in [0, 0.1) is 0 Å². The molecule has 0 N–H and O–H groups in total. The Labute approximate surface area is 259 Å². The van der Waals surface area contributed by atoms with Gasteiger partial charge in [-0.15, -0.1) is 11.3 Å². The van der Waals surface area contributed by atoms with Crippen LogP contribution < -0.4 is 0 Å². The van der Waals surface area contributed by atoms with E-state index in [1.165, 1.54) is 24.2 Å². The molecule has 2 aromatic carbocycles. The summed E-state index contributed by atoms with van der Waals surface area (Å²) < 4.78 is 11.1. The maximum Gasteiger partial charge on any atom is 0.417 e. The van der Waals surface area contributed by atoms with E-state index in [2.05, 4.69) is 19.1 Å². The van der Waals surface area contributed by atoms with Crippen molar-refractivity contribution < 1.29 is 23.9 Å². The Morgan fingerprint density at radius 2 is 1.72 bits per heavy atom. The van der Waals surface area contributed by atoms with E-state index in [0.29, 0.717) is 32.4 Å². The molecule has 43 heavy (non-hydrogen) atoms. The van der Waals surface area contributed by atoms with Crippen LogP contribution in [-0.4, -0.2) is 60.1 Å². The van der Waals surface area contributed by atoms with Crippen LogP contribution in [-0.2, 0) is 38.4 Å². The van der Waals surface area contributed by atoms with Crippen LogP contribution in [0.15, 0.2) is 66.7 Å². The lowest BCUT2D eigenvalue weighted by atomic mass is 10.0. The van der Waals surface area contributed by atoms with Crippen molar-refractivity contribution in [3.05, 3.63) is 82.7 Å². The van der Waals surface area contributed by atoms with Crippen molar-refractivity contribution in [2.45, 2.75) is 83.9 Å². The third kappa shape index (κ3) is 9.25. The highest BCUT2D eigenvalue weighted by molar-refractivity contribution is 7.15. The summed E-state index contributed by atoms with van der Waals surface area (Å²) in [6, 6.07) is 21.7. The summed E-state index contributed by atoms with van der Waals surface area (Å²) in [4.78, 5) is 44.0. The predicted molar refractivity (Wildman–Crippen MR) is 171 cm³/mol. The summed E-state index contributed by atoms with van der Waals surface area (Å²) in [5, 5.41) is 0. The standard InChI is InChI=1S/C35H44N2O5S/c1-4-6-7-8-12-15-33(38)36(3)24-30-20-21-32(43-30)28-18-16-27(17-19-28)23-31(41-5-2)34(39)37-29(25-42-35(37)40)22-26-13-10-9-11-14-26/h9-11,13-14,16-21,29,31H,4-8,12,15,22-25H2,1-3H3/t29-,31-/m0/s1. The monoisotopic (exact) mass is 604 g/mol. The van der Waals surface area contributed by atoms with E-state index in [9.17, 15) is 14.4 Å². The van der Waals surface area contributed by atoms with Crippen molar-refractivity contribution in [1.82, 2.24) is 9.80 Å². The Balaban J connectivity index is 1.34. The van der Waals surface area contributed by atoms with E-state index in [0.717, 1.165) is 39.3 Å². The van der Waals surface area contributed by atoms with Gasteiger partial charge in [0.05, 0.1) is 12.6 Å². The first-order valence-corrected chi connectivity index (χ1v) is 16.3. The average molecular weight is 605 g/mol. The molecule has 0 spiro atoms. The number of nitrogens with zero attached hydrogens (tertiary/aromatic N) is 2. The maximum atomic E-state index is 13.6. The number of hydrogen-bond acceptors (Lipinski definition) is 6. The number of benzene rings is 2. The molecule has 0 saturated carbocycles. The number of unbranched alkanes of at least 4 members (excludes halogenated alkanes) is 4. The van der Waals surface area contributed by atoms with E-state index >= 15 is 0 Å². The summed E-state index contributed by atoms with van der Waals surface area (Å²) in [7, 11) is 1.88. The van der Waals surface area contributed by atoms with E-state index < -0.39 is 12.2 Å². The largest absolute Gasteiger partial charge is 0.447 e. The Bertz CT molecular complexity index is 1320. The minimum Gasteiger partial charge on any atom is -0.447 e. The molecule has 8 heteroatoms. The predicted octanol–water partition coefficient (Wildman–Crippen LogP) is 7.27. The molecule has 0 radical (unpaired) electrons. The lowest BCUT2D eigenvalue weighted by Crippen LogP contribution is -2.47. The summed E-state index contributed by atoms with van der Waals surface area (Å²) in [5.74, 6) is -0.167. The minimum atomic E-state index is -0.784. The molecule has 7 nitrogen and oxygen atoms in total. The molecule has 1 aromatic heterocycles. The molecule has 0 unspecified atom stereocenters. The second-order valence-corrected chi connectivity index (χ2v) is 12.3. The Hall–Kier alpha value is -3.49. The van der Waals surface area contributed by atoms with Crippen molar-refractivity contribution in [2.24, 2.45) is 0 Å². The number of thiophene rings is 1. The van der Waals surface area contributed by atoms with Gasteiger partial charge in [-0.25, -0.2) is 9.69 Å². The van der Waals surface area contributed by atoms with Gasteiger partial charge in [0.1, 0.15) is 12.7 Å². The van der Waals surface area contributed by atoms with Gasteiger partial charge in [-0.05, 0) is 48.6 Å². The van der Waals surface area contributed by atoms with Crippen LogP contribution in [0.1, 0.15) is 68.4 Å². The number of carbonyl (C=O) groups is 3. The van der Waals surface area contributed by atoms with Crippen molar-refractivity contribution in [3.63, 3.8) is 0 Å². The molecule has 0 aliphatic carbocycles. The number of hydrogen-bond donors (Lipinski definition) is 0. The Morgan fingerprint density at radius 3 is 2.44 bits per heavy atom. The van der Waals surface area contributed by atoms with Crippen molar-refractivity contribution in [3.8, 4) is 10.4 Å². The first-order valence-electron chi connectivity index (χ1n) is 15.5. The van der Waals surface area contributed by atoms with E-state index in [-0.39, 0.29) is 24.5 Å². The van der Waals surface area contributed by atoms with E-state index in [1.54, 1.807) is 11.3 Å². The lowest BCUT2D eigenvalue weighted by molar-refractivity contribution is -0.141. The van der Waals surface area contributed by atoms with Crippen LogP contribution in [0.25, 0.3) is 10.4 Å². The molecule has 230 valence electrons. The molecule has 1 aliphatic rings. The second-order valence-electron chi connectivity index (χ2n) is 11.2. The van der Waals surface area contributed by atoms with Crippen molar-refractivity contribution in [2.75, 3.05) is 20.3 Å². The highest BCUT2D eigenvalue weighted by atomic mass is 32.1. The molecule has 0 bridgehead atoms. The van der Waals surface area contributed by atoms with Crippen molar-refractivity contribution >= 4 is 29.2 Å². The molecule has 1 aliphatic heterocycles. The van der Waals surface area contributed by atoms with Crippen LogP contribution in [0.3, 0.4) is 0 Å². The molecule has 3 aromatic rings. The Kier molecular flexibility index (Phi) is 12.4. The number of cyclic esters (lactones) is 1. The van der Waals surface area contributed by atoms with Gasteiger partial charge in [0.25, 0.3) is 5.91 Å². The summed E-state index contributed by atoms with van der Waals surface area (Å²) in [6.07, 6.45) is 5.82. The fourth-order valence-electron chi connectivity index (χ4n) is 5.37. The van der Waals surface area contributed by atoms with Gasteiger partial charge in [0.15, 0.2) is 0 Å². The van der Waals surface area contributed by atoms with Gasteiger partial charge < -0.3 is 14.4 Å². The van der Waals surface area contributed by atoms with Crippen LogP contribution in [0.4, 0.5) is 4.79 Å². The zero-order valence-corrected chi connectivity index (χ0v) is 26.4. The molecular formula is C35H44N2O5S. The van der Waals surface area contributed by atoms with Gasteiger partial charge in [-0.3, -0.25) is 9.59 Å². The normalized spacial score (nSPS) is 15.4. The third-order valence-corrected chi connectivity index (χ3v) is 8.91.